The van der Waals surface area contributed by atoms with E-state index in [1.165, 1.54) is 16.7 Å². The number of carbonyl (C=O) groups is 2. The standard InChI is InChI=1S/C13H16ClN3O2S/c1-13(2)11(18)17(12(19)16-13)6-7-20-10-8(14)4-3-5-9(10)15/h3-5H,6-7,15H2,1-2H3,(H,16,19). The van der Waals surface area contributed by atoms with Crippen molar-refractivity contribution >= 4 is 41.0 Å². The summed E-state index contributed by atoms with van der Waals surface area (Å²) in [6.45, 7) is 3.70. The molecule has 1 heterocycles. The summed E-state index contributed by atoms with van der Waals surface area (Å²) in [5.74, 6) is 0.332. The predicted molar refractivity (Wildman–Crippen MR) is 80.9 cm³/mol. The van der Waals surface area contributed by atoms with Crippen LogP contribution in [0.15, 0.2) is 23.1 Å². The van der Waals surface area contributed by atoms with Crippen LogP contribution in [0, 0.1) is 0 Å². The lowest BCUT2D eigenvalue weighted by atomic mass is 10.1. The molecule has 0 atom stereocenters. The highest BCUT2D eigenvalue weighted by atomic mass is 35.5. The molecule has 3 amide bonds. The Morgan fingerprint density at radius 1 is 1.40 bits per heavy atom. The smallest absolute Gasteiger partial charge is 0.325 e. The van der Waals surface area contributed by atoms with Gasteiger partial charge in [0.25, 0.3) is 5.91 Å². The Morgan fingerprint density at radius 3 is 2.65 bits per heavy atom. The van der Waals surface area contributed by atoms with Crippen molar-refractivity contribution < 1.29 is 9.59 Å². The lowest BCUT2D eigenvalue weighted by molar-refractivity contribution is -0.130. The number of rotatable bonds is 4. The fraction of sp³-hybridized carbons (Fsp3) is 0.385. The fourth-order valence-electron chi connectivity index (χ4n) is 1.94. The van der Waals surface area contributed by atoms with E-state index in [2.05, 4.69) is 5.32 Å². The Morgan fingerprint density at radius 2 is 2.10 bits per heavy atom. The maximum Gasteiger partial charge on any atom is 0.325 e. The van der Waals surface area contributed by atoms with Crippen molar-refractivity contribution in [2.45, 2.75) is 24.3 Å². The molecule has 20 heavy (non-hydrogen) atoms. The molecule has 0 aliphatic carbocycles. The van der Waals surface area contributed by atoms with Crippen LogP contribution >= 0.6 is 23.4 Å². The second-order valence-electron chi connectivity index (χ2n) is 5.02. The number of nitrogens with one attached hydrogen (secondary N) is 1. The van der Waals surface area contributed by atoms with E-state index in [0.717, 1.165) is 4.90 Å². The molecule has 5 nitrogen and oxygen atoms in total. The molecule has 0 radical (unpaired) electrons. The van der Waals surface area contributed by atoms with Crippen LogP contribution in [0.2, 0.25) is 5.02 Å². The van der Waals surface area contributed by atoms with Gasteiger partial charge in [-0.15, -0.1) is 11.8 Å². The third kappa shape index (κ3) is 2.86. The molecule has 108 valence electrons. The largest absolute Gasteiger partial charge is 0.398 e. The molecule has 1 aliphatic heterocycles. The van der Waals surface area contributed by atoms with Crippen molar-refractivity contribution in [1.82, 2.24) is 10.2 Å². The summed E-state index contributed by atoms with van der Waals surface area (Å²) in [6, 6.07) is 4.96. The first-order valence-corrected chi connectivity index (χ1v) is 7.50. The molecular weight excluding hydrogens is 298 g/mol. The number of hydrogen-bond acceptors (Lipinski definition) is 4. The lowest BCUT2D eigenvalue weighted by Crippen LogP contribution is -2.40. The van der Waals surface area contributed by atoms with E-state index in [1.807, 2.05) is 0 Å². The van der Waals surface area contributed by atoms with Crippen molar-refractivity contribution in [3.8, 4) is 0 Å². The second-order valence-corrected chi connectivity index (χ2v) is 6.53. The average Bonchev–Trinajstić information content (AvgIpc) is 2.54. The zero-order chi connectivity index (χ0) is 14.9. The molecule has 0 bridgehead atoms. The number of nitrogens with two attached hydrogens (primary N) is 1. The number of imide groups is 1. The van der Waals surface area contributed by atoms with E-state index in [-0.39, 0.29) is 11.9 Å². The topological polar surface area (TPSA) is 75.4 Å². The Balaban J connectivity index is 1.97. The molecule has 0 spiro atoms. The molecule has 0 saturated carbocycles. The number of anilines is 1. The van der Waals surface area contributed by atoms with Crippen molar-refractivity contribution in [1.29, 1.82) is 0 Å². The maximum atomic E-state index is 12.0. The summed E-state index contributed by atoms with van der Waals surface area (Å²) >= 11 is 7.50. The van der Waals surface area contributed by atoms with E-state index >= 15 is 0 Å². The van der Waals surface area contributed by atoms with Crippen molar-refractivity contribution in [2.75, 3.05) is 18.0 Å². The molecular formula is C13H16ClN3O2S. The van der Waals surface area contributed by atoms with Gasteiger partial charge in [-0.1, -0.05) is 17.7 Å². The number of benzene rings is 1. The van der Waals surface area contributed by atoms with E-state index in [1.54, 1.807) is 32.0 Å². The number of nitrogen functional groups attached to an aromatic ring is 1. The summed E-state index contributed by atoms with van der Waals surface area (Å²) in [7, 11) is 0. The van der Waals surface area contributed by atoms with Crippen LogP contribution < -0.4 is 11.1 Å². The minimum Gasteiger partial charge on any atom is -0.398 e. The van der Waals surface area contributed by atoms with Gasteiger partial charge in [0, 0.05) is 22.9 Å². The molecule has 1 aromatic rings. The molecule has 1 saturated heterocycles. The normalized spacial score (nSPS) is 17.4. The first kappa shape index (κ1) is 15.0. The van der Waals surface area contributed by atoms with Crippen molar-refractivity contribution in [2.24, 2.45) is 0 Å². The Hall–Kier alpha value is -1.40. The summed E-state index contributed by atoms with van der Waals surface area (Å²) in [4.78, 5) is 25.7. The van der Waals surface area contributed by atoms with E-state index in [9.17, 15) is 9.59 Å². The van der Waals surface area contributed by atoms with Gasteiger partial charge in [-0.05, 0) is 26.0 Å². The number of amides is 3. The van der Waals surface area contributed by atoms with Crippen LogP contribution in [0.5, 0.6) is 0 Å². The highest BCUT2D eigenvalue weighted by molar-refractivity contribution is 7.99. The highest BCUT2D eigenvalue weighted by Crippen LogP contribution is 2.32. The molecule has 1 fully saturated rings. The first-order valence-electron chi connectivity index (χ1n) is 6.14. The van der Waals surface area contributed by atoms with Gasteiger partial charge in [-0.3, -0.25) is 9.69 Å². The minimum absolute atomic E-state index is 0.213. The third-order valence-electron chi connectivity index (χ3n) is 3.00. The highest BCUT2D eigenvalue weighted by Gasteiger charge is 2.43. The minimum atomic E-state index is -0.828. The number of halogens is 1. The van der Waals surface area contributed by atoms with Gasteiger partial charge in [-0.2, -0.15) is 0 Å². The van der Waals surface area contributed by atoms with E-state index in [4.69, 9.17) is 17.3 Å². The van der Waals surface area contributed by atoms with Crippen LogP contribution in [0.25, 0.3) is 0 Å². The zero-order valence-electron chi connectivity index (χ0n) is 11.3. The molecule has 1 aromatic carbocycles. The number of nitrogens with zero attached hydrogens (tertiary/aromatic N) is 1. The Bertz CT molecular complexity index is 542. The van der Waals surface area contributed by atoms with Gasteiger partial charge in [0.2, 0.25) is 0 Å². The van der Waals surface area contributed by atoms with Crippen LogP contribution in [0.1, 0.15) is 13.8 Å². The SMILES string of the molecule is CC1(C)NC(=O)N(CCSc2c(N)cccc2Cl)C1=O. The third-order valence-corrected chi connectivity index (χ3v) is 4.56. The van der Waals surface area contributed by atoms with E-state index < -0.39 is 5.54 Å². The number of urea groups is 1. The predicted octanol–water partition coefficient (Wildman–Crippen LogP) is 2.34. The summed E-state index contributed by atoms with van der Waals surface area (Å²) in [6.07, 6.45) is 0. The lowest BCUT2D eigenvalue weighted by Gasteiger charge is -2.16. The molecule has 0 unspecified atom stereocenters. The van der Waals surface area contributed by atoms with Crippen LogP contribution in [-0.4, -0.2) is 34.7 Å². The number of hydrogen-bond donors (Lipinski definition) is 2. The monoisotopic (exact) mass is 313 g/mol. The average molecular weight is 314 g/mol. The van der Waals surface area contributed by atoms with Crippen molar-refractivity contribution in [3.05, 3.63) is 23.2 Å². The van der Waals surface area contributed by atoms with Gasteiger partial charge in [0.15, 0.2) is 0 Å². The summed E-state index contributed by atoms with van der Waals surface area (Å²) in [5, 5.41) is 3.22. The number of thioether (sulfide) groups is 1. The molecule has 0 aromatic heterocycles. The van der Waals surface area contributed by atoms with Crippen LogP contribution in [0.3, 0.4) is 0 Å². The van der Waals surface area contributed by atoms with E-state index in [0.29, 0.717) is 23.0 Å². The quantitative estimate of drug-likeness (QED) is 0.508. The first-order chi connectivity index (χ1) is 9.33. The van der Waals surface area contributed by atoms with Crippen LogP contribution in [-0.2, 0) is 4.79 Å². The molecule has 1 aliphatic rings. The van der Waals surface area contributed by atoms with Gasteiger partial charge < -0.3 is 11.1 Å². The molecule has 3 N–H and O–H groups in total. The maximum absolute atomic E-state index is 12.0. The zero-order valence-corrected chi connectivity index (χ0v) is 12.8. The van der Waals surface area contributed by atoms with Gasteiger partial charge >= 0.3 is 6.03 Å². The van der Waals surface area contributed by atoms with Gasteiger partial charge in [0.1, 0.15) is 5.54 Å². The molecule has 7 heteroatoms. The van der Waals surface area contributed by atoms with Crippen molar-refractivity contribution in [3.63, 3.8) is 0 Å². The fourth-order valence-corrected chi connectivity index (χ4v) is 3.20. The van der Waals surface area contributed by atoms with Crippen LogP contribution in [0.4, 0.5) is 10.5 Å². The second kappa shape index (κ2) is 5.54. The summed E-state index contributed by atoms with van der Waals surface area (Å²) in [5.41, 5.74) is 5.62. The number of carbonyl (C=O) groups excluding carboxylic acids is 2. The summed E-state index contributed by atoms with van der Waals surface area (Å²) < 4.78 is 0. The Labute approximate surface area is 126 Å². The molecule has 2 rings (SSSR count). The Kier molecular flexibility index (Phi) is 4.15. The van der Waals surface area contributed by atoms with Gasteiger partial charge in [-0.25, -0.2) is 4.79 Å². The van der Waals surface area contributed by atoms with Gasteiger partial charge in [0.05, 0.1) is 5.02 Å².